The van der Waals surface area contributed by atoms with Crippen LogP contribution in [0.2, 0.25) is 0 Å². The van der Waals surface area contributed by atoms with Crippen molar-refractivity contribution in [3.8, 4) is 0 Å². The Morgan fingerprint density at radius 1 is 1.20 bits per heavy atom. The molecule has 4 nitrogen and oxygen atoms in total. The van der Waals surface area contributed by atoms with E-state index < -0.39 is 11.7 Å². The fraction of sp³-hybridized carbons (Fsp3) is 0.615. The highest BCUT2D eigenvalue weighted by atomic mass is 19.4. The first-order valence-electron chi connectivity index (χ1n) is 6.72. The van der Waals surface area contributed by atoms with Crippen molar-refractivity contribution in [3.63, 3.8) is 0 Å². The molecule has 0 spiro atoms. The zero-order chi connectivity index (χ0) is 14.6. The summed E-state index contributed by atoms with van der Waals surface area (Å²) in [6.45, 7) is 4.05. The Hall–Kier alpha value is -1.34. The van der Waals surface area contributed by atoms with Crippen LogP contribution < -0.4 is 10.6 Å². The molecular weight excluding hydrogens is 269 g/mol. The molecule has 7 heteroatoms. The van der Waals surface area contributed by atoms with Gasteiger partial charge in [0.15, 0.2) is 0 Å². The Labute approximate surface area is 116 Å². The van der Waals surface area contributed by atoms with E-state index >= 15 is 0 Å². The van der Waals surface area contributed by atoms with Crippen LogP contribution in [0.5, 0.6) is 0 Å². The van der Waals surface area contributed by atoms with Crippen molar-refractivity contribution in [2.24, 2.45) is 5.73 Å². The molecule has 0 unspecified atom stereocenters. The van der Waals surface area contributed by atoms with Gasteiger partial charge in [-0.25, -0.2) is 4.98 Å². The van der Waals surface area contributed by atoms with Crippen molar-refractivity contribution in [2.75, 3.05) is 44.2 Å². The Morgan fingerprint density at radius 2 is 2.00 bits per heavy atom. The molecule has 1 aliphatic rings. The fourth-order valence-corrected chi connectivity index (χ4v) is 2.46. The van der Waals surface area contributed by atoms with E-state index in [1.165, 1.54) is 12.3 Å². The van der Waals surface area contributed by atoms with E-state index in [1.54, 1.807) is 4.90 Å². The van der Waals surface area contributed by atoms with Crippen LogP contribution in [0.1, 0.15) is 12.0 Å². The van der Waals surface area contributed by atoms with Crippen LogP contribution in [0.15, 0.2) is 18.3 Å². The van der Waals surface area contributed by atoms with Crippen LogP contribution in [-0.2, 0) is 6.18 Å². The number of hydrogen-bond acceptors (Lipinski definition) is 4. The summed E-state index contributed by atoms with van der Waals surface area (Å²) in [6.07, 6.45) is -2.15. The highest BCUT2D eigenvalue weighted by Crippen LogP contribution is 2.35. The minimum Gasteiger partial charge on any atom is -0.355 e. The topological polar surface area (TPSA) is 45.4 Å². The van der Waals surface area contributed by atoms with Gasteiger partial charge < -0.3 is 15.5 Å². The van der Waals surface area contributed by atoms with Crippen molar-refractivity contribution in [2.45, 2.75) is 12.6 Å². The van der Waals surface area contributed by atoms with E-state index in [4.69, 9.17) is 5.73 Å². The summed E-state index contributed by atoms with van der Waals surface area (Å²) in [5, 5.41) is 0. The normalized spacial score (nSPS) is 18.1. The number of nitrogens with zero attached hydrogens (tertiary/aromatic N) is 3. The first-order valence-corrected chi connectivity index (χ1v) is 6.72. The molecule has 2 N–H and O–H groups in total. The lowest BCUT2D eigenvalue weighted by atomic mass is 10.2. The summed E-state index contributed by atoms with van der Waals surface area (Å²) in [6, 6.07) is 2.41. The van der Waals surface area contributed by atoms with Crippen molar-refractivity contribution < 1.29 is 13.2 Å². The SMILES string of the molecule is NCCN1CCCN(c2ncccc2C(F)(F)F)CC1. The van der Waals surface area contributed by atoms with Gasteiger partial charge in [0.05, 0.1) is 5.56 Å². The van der Waals surface area contributed by atoms with E-state index in [9.17, 15) is 13.2 Å². The maximum Gasteiger partial charge on any atom is 0.419 e. The molecule has 1 aliphatic heterocycles. The van der Waals surface area contributed by atoms with Gasteiger partial charge in [0, 0.05) is 38.9 Å². The Morgan fingerprint density at radius 3 is 2.70 bits per heavy atom. The van der Waals surface area contributed by atoms with Gasteiger partial charge in [-0.05, 0) is 25.1 Å². The molecule has 0 aromatic carbocycles. The quantitative estimate of drug-likeness (QED) is 0.917. The summed E-state index contributed by atoms with van der Waals surface area (Å²) in [5.41, 5.74) is 4.86. The fourth-order valence-electron chi connectivity index (χ4n) is 2.46. The van der Waals surface area contributed by atoms with Gasteiger partial charge >= 0.3 is 6.18 Å². The average Bonchev–Trinajstić information content (AvgIpc) is 2.64. The zero-order valence-corrected chi connectivity index (χ0v) is 11.2. The smallest absolute Gasteiger partial charge is 0.355 e. The van der Waals surface area contributed by atoms with Crippen LogP contribution in [0, 0.1) is 0 Å². The minimum absolute atomic E-state index is 0.0367. The molecule has 0 saturated carbocycles. The molecule has 2 rings (SSSR count). The summed E-state index contributed by atoms with van der Waals surface area (Å²) in [5.74, 6) is 0.0367. The molecule has 20 heavy (non-hydrogen) atoms. The number of aromatic nitrogens is 1. The van der Waals surface area contributed by atoms with Gasteiger partial charge in [0.1, 0.15) is 5.82 Å². The zero-order valence-electron chi connectivity index (χ0n) is 11.2. The molecule has 1 fully saturated rings. The van der Waals surface area contributed by atoms with Gasteiger partial charge in [-0.2, -0.15) is 13.2 Å². The third-order valence-corrected chi connectivity index (χ3v) is 3.43. The maximum absolute atomic E-state index is 13.0. The van der Waals surface area contributed by atoms with Crippen LogP contribution in [0.25, 0.3) is 0 Å². The second-order valence-electron chi connectivity index (χ2n) is 4.84. The lowest BCUT2D eigenvalue weighted by Gasteiger charge is -2.25. The van der Waals surface area contributed by atoms with E-state index in [0.717, 1.165) is 25.6 Å². The van der Waals surface area contributed by atoms with Crippen molar-refractivity contribution in [1.29, 1.82) is 0 Å². The maximum atomic E-state index is 13.0. The van der Waals surface area contributed by atoms with Gasteiger partial charge in [0.25, 0.3) is 0 Å². The van der Waals surface area contributed by atoms with Crippen LogP contribution >= 0.6 is 0 Å². The first kappa shape index (κ1) is 15.1. The summed E-state index contributed by atoms with van der Waals surface area (Å²) in [7, 11) is 0. The largest absolute Gasteiger partial charge is 0.419 e. The van der Waals surface area contributed by atoms with Crippen LogP contribution in [-0.4, -0.2) is 49.2 Å². The molecule has 0 radical (unpaired) electrons. The summed E-state index contributed by atoms with van der Waals surface area (Å²) >= 11 is 0. The average molecular weight is 288 g/mol. The van der Waals surface area contributed by atoms with Crippen LogP contribution in [0.4, 0.5) is 19.0 Å². The van der Waals surface area contributed by atoms with Gasteiger partial charge in [-0.3, -0.25) is 0 Å². The summed E-state index contributed by atoms with van der Waals surface area (Å²) in [4.78, 5) is 7.84. The van der Waals surface area contributed by atoms with Crippen LogP contribution in [0.3, 0.4) is 0 Å². The molecule has 2 heterocycles. The lowest BCUT2D eigenvalue weighted by molar-refractivity contribution is -0.137. The van der Waals surface area contributed by atoms with Gasteiger partial charge in [-0.1, -0.05) is 0 Å². The molecule has 0 bridgehead atoms. The standard InChI is InChI=1S/C13H19F3N4/c14-13(15,16)11-3-1-5-18-12(11)20-7-2-6-19(8-4-17)9-10-20/h1,3,5H,2,4,6-10,17H2. The monoisotopic (exact) mass is 288 g/mol. The highest BCUT2D eigenvalue weighted by molar-refractivity contribution is 5.48. The predicted molar refractivity (Wildman–Crippen MR) is 71.6 cm³/mol. The molecule has 0 atom stereocenters. The number of halogens is 3. The molecular formula is C13H19F3N4. The molecule has 1 aromatic heterocycles. The number of hydrogen-bond donors (Lipinski definition) is 1. The number of alkyl halides is 3. The number of anilines is 1. The lowest BCUT2D eigenvalue weighted by Crippen LogP contribution is -2.34. The Balaban J connectivity index is 2.16. The first-order chi connectivity index (χ1) is 9.52. The van der Waals surface area contributed by atoms with E-state index in [-0.39, 0.29) is 5.82 Å². The third kappa shape index (κ3) is 3.61. The predicted octanol–water partition coefficient (Wildman–Crippen LogP) is 1.57. The molecule has 0 aliphatic carbocycles. The molecule has 112 valence electrons. The summed E-state index contributed by atoms with van der Waals surface area (Å²) < 4.78 is 39.0. The highest BCUT2D eigenvalue weighted by Gasteiger charge is 2.35. The second-order valence-corrected chi connectivity index (χ2v) is 4.84. The van der Waals surface area contributed by atoms with E-state index in [1.807, 2.05) is 0 Å². The number of rotatable bonds is 3. The molecule has 1 aromatic rings. The van der Waals surface area contributed by atoms with Gasteiger partial charge in [-0.15, -0.1) is 0 Å². The van der Waals surface area contributed by atoms with Crippen molar-refractivity contribution in [1.82, 2.24) is 9.88 Å². The number of nitrogens with two attached hydrogens (primary N) is 1. The third-order valence-electron chi connectivity index (χ3n) is 3.43. The molecule has 1 saturated heterocycles. The Bertz CT molecular complexity index is 436. The van der Waals surface area contributed by atoms with E-state index in [2.05, 4.69) is 9.88 Å². The van der Waals surface area contributed by atoms with Crippen molar-refractivity contribution in [3.05, 3.63) is 23.9 Å². The molecule has 0 amide bonds. The Kier molecular flexibility index (Phi) is 4.82. The minimum atomic E-state index is -4.37. The second kappa shape index (κ2) is 6.41. The van der Waals surface area contributed by atoms with Gasteiger partial charge in [0.2, 0.25) is 0 Å². The number of pyridine rings is 1. The van der Waals surface area contributed by atoms with E-state index in [0.29, 0.717) is 26.2 Å². The van der Waals surface area contributed by atoms with Crippen molar-refractivity contribution >= 4 is 5.82 Å².